The Labute approximate surface area is 63.8 Å². The van der Waals surface area contributed by atoms with Gasteiger partial charge in [0.05, 0.1) is 19.3 Å². The summed E-state index contributed by atoms with van der Waals surface area (Å²) < 4.78 is 4.77. The molecule has 1 rings (SSSR count). The van der Waals surface area contributed by atoms with Gasteiger partial charge in [-0.3, -0.25) is 0 Å². The molecule has 0 aliphatic carbocycles. The van der Waals surface area contributed by atoms with E-state index < -0.39 is 24.6 Å². The van der Waals surface area contributed by atoms with Gasteiger partial charge in [0.15, 0.2) is 5.79 Å². The number of aliphatic hydroxyl groups is 4. The average molecular weight is 164 g/mol. The van der Waals surface area contributed by atoms with Gasteiger partial charge in [-0.2, -0.15) is 0 Å². The molecule has 1 unspecified atom stereocenters. The third-order valence-electron chi connectivity index (χ3n) is 1.76. The molecule has 3 atom stereocenters. The third kappa shape index (κ3) is 1.69. The standard InChI is InChI=1S/C6H12O5/c7-2-5-4(9)1-6(10,3-8)11-5/h4-5,7-10H,1-3H2/t4-,5?,6+/m1/s1. The second-order valence-corrected chi connectivity index (χ2v) is 2.71. The molecule has 0 saturated carbocycles. The summed E-state index contributed by atoms with van der Waals surface area (Å²) in [5.41, 5.74) is 0. The van der Waals surface area contributed by atoms with Crippen molar-refractivity contribution in [3.63, 3.8) is 0 Å². The van der Waals surface area contributed by atoms with Crippen LogP contribution in [0.2, 0.25) is 0 Å². The van der Waals surface area contributed by atoms with Crippen LogP contribution >= 0.6 is 0 Å². The highest BCUT2D eigenvalue weighted by Gasteiger charge is 2.43. The molecule has 0 aromatic heterocycles. The number of aliphatic hydroxyl groups excluding tert-OH is 3. The first kappa shape index (κ1) is 8.89. The van der Waals surface area contributed by atoms with E-state index in [-0.39, 0.29) is 13.0 Å². The molecule has 0 radical (unpaired) electrons. The van der Waals surface area contributed by atoms with Crippen molar-refractivity contribution in [1.29, 1.82) is 0 Å². The summed E-state index contributed by atoms with van der Waals surface area (Å²) >= 11 is 0. The minimum Gasteiger partial charge on any atom is -0.394 e. The molecular weight excluding hydrogens is 152 g/mol. The van der Waals surface area contributed by atoms with Crippen LogP contribution in [0.1, 0.15) is 6.42 Å². The summed E-state index contributed by atoms with van der Waals surface area (Å²) in [6, 6.07) is 0. The first-order valence-electron chi connectivity index (χ1n) is 3.41. The van der Waals surface area contributed by atoms with Crippen LogP contribution in [0.5, 0.6) is 0 Å². The maximum Gasteiger partial charge on any atom is 0.192 e. The molecular formula is C6H12O5. The molecule has 4 N–H and O–H groups in total. The SMILES string of the molecule is OCC1O[C@](O)(CO)C[C@H]1O. The quantitative estimate of drug-likeness (QED) is 0.372. The molecule has 1 fully saturated rings. The molecule has 66 valence electrons. The van der Waals surface area contributed by atoms with Crippen molar-refractivity contribution < 1.29 is 25.2 Å². The molecule has 0 bridgehead atoms. The van der Waals surface area contributed by atoms with E-state index in [1.165, 1.54) is 0 Å². The Morgan fingerprint density at radius 2 is 2.09 bits per heavy atom. The van der Waals surface area contributed by atoms with Crippen LogP contribution < -0.4 is 0 Å². The summed E-state index contributed by atoms with van der Waals surface area (Å²) in [6.07, 6.45) is -1.75. The van der Waals surface area contributed by atoms with E-state index >= 15 is 0 Å². The van der Waals surface area contributed by atoms with Gasteiger partial charge in [-0.15, -0.1) is 0 Å². The van der Waals surface area contributed by atoms with Gasteiger partial charge >= 0.3 is 0 Å². The number of hydrogen-bond donors (Lipinski definition) is 4. The van der Waals surface area contributed by atoms with E-state index in [4.69, 9.17) is 20.1 Å². The van der Waals surface area contributed by atoms with Crippen LogP contribution in [0.25, 0.3) is 0 Å². The normalized spacial score (nSPS) is 44.7. The number of hydrogen-bond acceptors (Lipinski definition) is 5. The summed E-state index contributed by atoms with van der Waals surface area (Å²) in [7, 11) is 0. The van der Waals surface area contributed by atoms with Gasteiger partial charge in [-0.1, -0.05) is 0 Å². The zero-order valence-corrected chi connectivity index (χ0v) is 5.97. The largest absolute Gasteiger partial charge is 0.394 e. The Balaban J connectivity index is 2.55. The van der Waals surface area contributed by atoms with Crippen molar-refractivity contribution in [2.75, 3.05) is 13.2 Å². The summed E-state index contributed by atoms with van der Waals surface area (Å²) in [4.78, 5) is 0. The average Bonchev–Trinajstić information content (AvgIpc) is 2.27. The van der Waals surface area contributed by atoms with E-state index in [9.17, 15) is 5.11 Å². The fourth-order valence-electron chi connectivity index (χ4n) is 1.13. The van der Waals surface area contributed by atoms with Gasteiger partial charge in [0.1, 0.15) is 6.10 Å². The topological polar surface area (TPSA) is 90.2 Å². The third-order valence-corrected chi connectivity index (χ3v) is 1.76. The van der Waals surface area contributed by atoms with Crippen molar-refractivity contribution in [2.45, 2.75) is 24.4 Å². The van der Waals surface area contributed by atoms with Crippen molar-refractivity contribution in [1.82, 2.24) is 0 Å². The molecule has 0 aromatic carbocycles. The molecule has 1 saturated heterocycles. The van der Waals surface area contributed by atoms with Gasteiger partial charge in [0.25, 0.3) is 0 Å². The van der Waals surface area contributed by atoms with Gasteiger partial charge in [-0.05, 0) is 0 Å². The maximum atomic E-state index is 9.23. The lowest BCUT2D eigenvalue weighted by molar-refractivity contribution is -0.217. The van der Waals surface area contributed by atoms with Gasteiger partial charge in [-0.25, -0.2) is 0 Å². The molecule has 0 amide bonds. The van der Waals surface area contributed by atoms with Crippen molar-refractivity contribution in [2.24, 2.45) is 0 Å². The fourth-order valence-corrected chi connectivity index (χ4v) is 1.13. The van der Waals surface area contributed by atoms with Crippen LogP contribution in [0, 0.1) is 0 Å². The predicted molar refractivity (Wildman–Crippen MR) is 34.6 cm³/mol. The first-order chi connectivity index (χ1) is 5.11. The monoisotopic (exact) mass is 164 g/mol. The second kappa shape index (κ2) is 3.04. The minimum absolute atomic E-state index is 0.0608. The first-order valence-corrected chi connectivity index (χ1v) is 3.41. The maximum absolute atomic E-state index is 9.23. The Kier molecular flexibility index (Phi) is 2.46. The molecule has 1 aliphatic heterocycles. The van der Waals surface area contributed by atoms with Gasteiger partial charge in [0, 0.05) is 6.42 Å². The van der Waals surface area contributed by atoms with Crippen molar-refractivity contribution >= 4 is 0 Å². The van der Waals surface area contributed by atoms with Crippen LogP contribution in [0.4, 0.5) is 0 Å². The lowest BCUT2D eigenvalue weighted by atomic mass is 10.1. The van der Waals surface area contributed by atoms with E-state index in [2.05, 4.69) is 0 Å². The molecule has 1 heterocycles. The lowest BCUT2D eigenvalue weighted by Crippen LogP contribution is -2.33. The van der Waals surface area contributed by atoms with E-state index in [1.54, 1.807) is 0 Å². The smallest absolute Gasteiger partial charge is 0.192 e. The Morgan fingerprint density at radius 3 is 2.36 bits per heavy atom. The molecule has 11 heavy (non-hydrogen) atoms. The summed E-state index contributed by atoms with van der Waals surface area (Å²) in [5.74, 6) is -1.67. The Hall–Kier alpha value is -0.200. The summed E-state index contributed by atoms with van der Waals surface area (Å²) in [6.45, 7) is -0.927. The second-order valence-electron chi connectivity index (χ2n) is 2.71. The number of ether oxygens (including phenoxy) is 1. The highest BCUT2D eigenvalue weighted by Crippen LogP contribution is 2.27. The molecule has 5 heteroatoms. The summed E-state index contributed by atoms with van der Waals surface area (Å²) in [5, 5.41) is 35.5. The predicted octanol–water partition coefficient (Wildman–Crippen LogP) is -2.19. The van der Waals surface area contributed by atoms with Gasteiger partial charge < -0.3 is 25.2 Å². The zero-order chi connectivity index (χ0) is 8.48. The zero-order valence-electron chi connectivity index (χ0n) is 5.97. The van der Waals surface area contributed by atoms with Crippen LogP contribution in [0.3, 0.4) is 0 Å². The molecule has 0 spiro atoms. The Morgan fingerprint density at radius 1 is 1.45 bits per heavy atom. The van der Waals surface area contributed by atoms with Gasteiger partial charge in [0.2, 0.25) is 0 Å². The van der Waals surface area contributed by atoms with E-state index in [1.807, 2.05) is 0 Å². The Bertz CT molecular complexity index is 139. The van der Waals surface area contributed by atoms with Crippen LogP contribution in [0.15, 0.2) is 0 Å². The van der Waals surface area contributed by atoms with E-state index in [0.29, 0.717) is 0 Å². The highest BCUT2D eigenvalue weighted by atomic mass is 16.7. The van der Waals surface area contributed by atoms with Crippen molar-refractivity contribution in [3.05, 3.63) is 0 Å². The van der Waals surface area contributed by atoms with Crippen LogP contribution in [-0.2, 0) is 4.74 Å². The molecule has 5 nitrogen and oxygen atoms in total. The minimum atomic E-state index is -1.67. The van der Waals surface area contributed by atoms with Crippen LogP contribution in [-0.4, -0.2) is 51.6 Å². The lowest BCUT2D eigenvalue weighted by Gasteiger charge is -2.18. The van der Waals surface area contributed by atoms with Crippen molar-refractivity contribution in [3.8, 4) is 0 Å². The molecule has 0 aromatic rings. The van der Waals surface area contributed by atoms with E-state index in [0.717, 1.165) is 0 Å². The fraction of sp³-hybridized carbons (Fsp3) is 1.00. The number of rotatable bonds is 2. The highest BCUT2D eigenvalue weighted by molar-refractivity contribution is 4.85. The molecule has 1 aliphatic rings.